The van der Waals surface area contributed by atoms with Crippen LogP contribution >= 0.6 is 0 Å². The molecule has 0 aromatic rings. The van der Waals surface area contributed by atoms with E-state index in [0.29, 0.717) is 5.84 Å². The first kappa shape index (κ1) is 7.28. The second-order valence-corrected chi connectivity index (χ2v) is 2.45. The minimum atomic E-state index is 0.697. The first-order valence-electron chi connectivity index (χ1n) is 3.42. The van der Waals surface area contributed by atoms with Gasteiger partial charge in [0.25, 0.3) is 0 Å². The molecule has 0 radical (unpaired) electrons. The molecule has 0 amide bonds. The van der Waals surface area contributed by atoms with Crippen molar-refractivity contribution < 1.29 is 0 Å². The molecule has 0 unspecified atom stereocenters. The van der Waals surface area contributed by atoms with Gasteiger partial charge in [0.15, 0.2) is 0 Å². The van der Waals surface area contributed by atoms with Crippen molar-refractivity contribution in [2.45, 2.75) is 6.42 Å². The average Bonchev–Trinajstić information content (AvgIpc) is 2.20. The number of hydrogen-bond acceptors (Lipinski definition) is 2. The van der Waals surface area contributed by atoms with Gasteiger partial charge in [-0.05, 0) is 0 Å². The number of rotatable bonds is 2. The molecule has 1 aliphatic heterocycles. The molecule has 0 aromatic carbocycles. The highest BCUT2D eigenvalue weighted by molar-refractivity contribution is 5.80. The molecule has 1 aliphatic rings. The number of hydrogen-bond donors (Lipinski definition) is 1. The van der Waals surface area contributed by atoms with E-state index in [1.165, 1.54) is 0 Å². The molecule has 3 heteroatoms. The summed E-state index contributed by atoms with van der Waals surface area (Å²) in [5.74, 6) is 0.697. The number of amidine groups is 1. The summed E-state index contributed by atoms with van der Waals surface area (Å²) < 4.78 is 0. The molecule has 0 atom stereocenters. The molecule has 0 bridgehead atoms. The summed E-state index contributed by atoms with van der Waals surface area (Å²) in [7, 11) is 1.99. The maximum absolute atomic E-state index is 7.48. The Morgan fingerprint density at radius 3 is 2.90 bits per heavy atom. The van der Waals surface area contributed by atoms with Gasteiger partial charge < -0.3 is 0 Å². The number of hydrazine groups is 1. The summed E-state index contributed by atoms with van der Waals surface area (Å²) in [6.07, 6.45) is 2.68. The lowest BCUT2D eigenvalue weighted by molar-refractivity contribution is 0.124. The summed E-state index contributed by atoms with van der Waals surface area (Å²) in [6.45, 7) is 5.35. The molecule has 1 heterocycles. The monoisotopic (exact) mass is 139 g/mol. The number of nitrogens with one attached hydrogen (secondary N) is 1. The second kappa shape index (κ2) is 2.84. The largest absolute Gasteiger partial charge is 0.290 e. The summed E-state index contributed by atoms with van der Waals surface area (Å²) >= 11 is 0. The highest BCUT2D eigenvalue weighted by Gasteiger charge is 2.20. The van der Waals surface area contributed by atoms with Crippen molar-refractivity contribution >= 4 is 5.84 Å². The maximum atomic E-state index is 7.48. The standard InChI is InChI=1S/C7H13N3/c1-3-5-10-7(8)4-6-9(10)2/h3,8H,1,4-6H2,2H3. The predicted molar refractivity (Wildman–Crippen MR) is 41.9 cm³/mol. The Labute approximate surface area is 61.4 Å². The molecular formula is C7H13N3. The lowest BCUT2D eigenvalue weighted by Gasteiger charge is -2.23. The van der Waals surface area contributed by atoms with E-state index in [1.807, 2.05) is 23.1 Å². The van der Waals surface area contributed by atoms with Crippen LogP contribution in [-0.4, -0.2) is 36.0 Å². The van der Waals surface area contributed by atoms with E-state index in [1.54, 1.807) is 0 Å². The fourth-order valence-electron chi connectivity index (χ4n) is 1.10. The average molecular weight is 139 g/mol. The Hall–Kier alpha value is -0.830. The first-order valence-corrected chi connectivity index (χ1v) is 3.42. The zero-order valence-corrected chi connectivity index (χ0v) is 6.30. The zero-order valence-electron chi connectivity index (χ0n) is 6.30. The van der Waals surface area contributed by atoms with Gasteiger partial charge in [-0.3, -0.25) is 10.4 Å². The van der Waals surface area contributed by atoms with Gasteiger partial charge in [0.1, 0.15) is 5.84 Å². The minimum absolute atomic E-state index is 0.697. The Morgan fingerprint density at radius 1 is 1.80 bits per heavy atom. The Morgan fingerprint density at radius 2 is 2.50 bits per heavy atom. The highest BCUT2D eigenvalue weighted by Crippen LogP contribution is 2.08. The Balaban J connectivity index is 2.53. The van der Waals surface area contributed by atoms with Gasteiger partial charge in [-0.1, -0.05) is 6.08 Å². The van der Waals surface area contributed by atoms with E-state index >= 15 is 0 Å². The molecule has 0 saturated carbocycles. The molecule has 1 N–H and O–H groups in total. The summed E-state index contributed by atoms with van der Waals surface area (Å²) in [4.78, 5) is 0. The van der Waals surface area contributed by atoms with Gasteiger partial charge in [-0.15, -0.1) is 6.58 Å². The lowest BCUT2D eigenvalue weighted by Crippen LogP contribution is -2.35. The fraction of sp³-hybridized carbons (Fsp3) is 0.571. The van der Waals surface area contributed by atoms with Crippen LogP contribution in [0.2, 0.25) is 0 Å². The van der Waals surface area contributed by atoms with Crippen LogP contribution in [0.4, 0.5) is 0 Å². The minimum Gasteiger partial charge on any atom is -0.290 e. The maximum Gasteiger partial charge on any atom is 0.112 e. The predicted octanol–water partition coefficient (Wildman–Crippen LogP) is 0.702. The topological polar surface area (TPSA) is 30.3 Å². The smallest absolute Gasteiger partial charge is 0.112 e. The van der Waals surface area contributed by atoms with Gasteiger partial charge in [-0.25, -0.2) is 5.01 Å². The van der Waals surface area contributed by atoms with E-state index in [4.69, 9.17) is 5.41 Å². The molecule has 1 rings (SSSR count). The lowest BCUT2D eigenvalue weighted by atomic mass is 10.4. The molecule has 0 spiro atoms. The highest BCUT2D eigenvalue weighted by atomic mass is 15.6. The molecule has 10 heavy (non-hydrogen) atoms. The molecule has 0 aliphatic carbocycles. The van der Waals surface area contributed by atoms with Crippen LogP contribution in [0.25, 0.3) is 0 Å². The third-order valence-electron chi connectivity index (χ3n) is 1.70. The van der Waals surface area contributed by atoms with Crippen molar-refractivity contribution in [3.8, 4) is 0 Å². The van der Waals surface area contributed by atoms with Crippen LogP contribution in [0, 0.1) is 5.41 Å². The summed E-state index contributed by atoms with van der Waals surface area (Å²) in [5.41, 5.74) is 0. The van der Waals surface area contributed by atoms with Crippen molar-refractivity contribution in [2.75, 3.05) is 20.1 Å². The van der Waals surface area contributed by atoms with Crippen LogP contribution in [-0.2, 0) is 0 Å². The molecule has 56 valence electrons. The van der Waals surface area contributed by atoms with Crippen molar-refractivity contribution in [1.29, 1.82) is 5.41 Å². The Bertz CT molecular complexity index is 153. The van der Waals surface area contributed by atoms with Gasteiger partial charge in [0, 0.05) is 20.0 Å². The SMILES string of the molecule is C=CCN1C(=N)CCN1C. The van der Waals surface area contributed by atoms with Gasteiger partial charge in [0.2, 0.25) is 0 Å². The zero-order chi connectivity index (χ0) is 7.56. The van der Waals surface area contributed by atoms with Gasteiger partial charge in [-0.2, -0.15) is 0 Å². The first-order chi connectivity index (χ1) is 4.75. The normalized spacial score (nSPS) is 20.1. The van der Waals surface area contributed by atoms with Crippen LogP contribution in [0.5, 0.6) is 0 Å². The molecule has 1 saturated heterocycles. The summed E-state index contributed by atoms with van der Waals surface area (Å²) in [6, 6.07) is 0. The van der Waals surface area contributed by atoms with Crippen LogP contribution in [0.1, 0.15) is 6.42 Å². The van der Waals surface area contributed by atoms with Crippen molar-refractivity contribution in [2.24, 2.45) is 0 Å². The fourth-order valence-corrected chi connectivity index (χ4v) is 1.10. The molecule has 1 fully saturated rings. The third-order valence-corrected chi connectivity index (χ3v) is 1.70. The van der Waals surface area contributed by atoms with Crippen molar-refractivity contribution in [3.63, 3.8) is 0 Å². The quantitative estimate of drug-likeness (QED) is 0.571. The van der Waals surface area contributed by atoms with E-state index in [9.17, 15) is 0 Å². The van der Waals surface area contributed by atoms with E-state index in [0.717, 1.165) is 19.5 Å². The van der Waals surface area contributed by atoms with Crippen molar-refractivity contribution in [3.05, 3.63) is 12.7 Å². The van der Waals surface area contributed by atoms with Crippen molar-refractivity contribution in [1.82, 2.24) is 10.0 Å². The van der Waals surface area contributed by atoms with Crippen LogP contribution in [0.3, 0.4) is 0 Å². The van der Waals surface area contributed by atoms with E-state index in [-0.39, 0.29) is 0 Å². The second-order valence-electron chi connectivity index (χ2n) is 2.45. The summed E-state index contributed by atoms with van der Waals surface area (Å²) in [5, 5.41) is 11.4. The van der Waals surface area contributed by atoms with Crippen LogP contribution < -0.4 is 0 Å². The van der Waals surface area contributed by atoms with Crippen LogP contribution in [0.15, 0.2) is 12.7 Å². The molecule has 3 nitrogen and oxygen atoms in total. The molecular weight excluding hydrogens is 126 g/mol. The van der Waals surface area contributed by atoms with Gasteiger partial charge >= 0.3 is 0 Å². The van der Waals surface area contributed by atoms with E-state index < -0.39 is 0 Å². The number of nitrogens with zero attached hydrogens (tertiary/aromatic N) is 2. The Kier molecular flexibility index (Phi) is 2.06. The third kappa shape index (κ3) is 1.19. The van der Waals surface area contributed by atoms with Gasteiger partial charge in [0.05, 0.1) is 6.54 Å². The molecule has 0 aromatic heterocycles. The van der Waals surface area contributed by atoms with E-state index in [2.05, 4.69) is 6.58 Å².